The van der Waals surface area contributed by atoms with Gasteiger partial charge in [-0.05, 0) is 11.0 Å². The molecular weight excluding hydrogens is 210 g/mol. The first kappa shape index (κ1) is 12.3. The van der Waals surface area contributed by atoms with Gasteiger partial charge in [0.05, 0.1) is 6.04 Å². The standard InChI is InChI=1S/C15H21NO/c1-15(2,3)14-13(17)9-10-16(14)11-12-7-5-4-6-8-12/h4-8,14H,9-11H2,1-3H3. The lowest BCUT2D eigenvalue weighted by molar-refractivity contribution is -0.122. The molecule has 0 aliphatic carbocycles. The monoisotopic (exact) mass is 231 g/mol. The molecule has 2 nitrogen and oxygen atoms in total. The second-order valence-electron chi connectivity index (χ2n) is 5.94. The quantitative estimate of drug-likeness (QED) is 0.780. The van der Waals surface area contributed by atoms with E-state index in [0.29, 0.717) is 12.2 Å². The fourth-order valence-electron chi connectivity index (χ4n) is 2.74. The summed E-state index contributed by atoms with van der Waals surface area (Å²) in [6.45, 7) is 8.24. The number of carbonyl (C=O) groups is 1. The summed E-state index contributed by atoms with van der Waals surface area (Å²) < 4.78 is 0. The van der Waals surface area contributed by atoms with Crippen molar-refractivity contribution in [3.8, 4) is 0 Å². The van der Waals surface area contributed by atoms with E-state index in [1.54, 1.807) is 0 Å². The minimum absolute atomic E-state index is 0.0301. The Bertz CT molecular complexity index is 391. The molecule has 17 heavy (non-hydrogen) atoms. The topological polar surface area (TPSA) is 20.3 Å². The van der Waals surface area contributed by atoms with Crippen LogP contribution in [-0.4, -0.2) is 23.3 Å². The second kappa shape index (κ2) is 4.61. The van der Waals surface area contributed by atoms with Gasteiger partial charge in [0.1, 0.15) is 0 Å². The van der Waals surface area contributed by atoms with Crippen LogP contribution in [0.2, 0.25) is 0 Å². The average Bonchev–Trinajstić information content (AvgIpc) is 2.60. The van der Waals surface area contributed by atoms with Crippen molar-refractivity contribution in [2.75, 3.05) is 6.54 Å². The van der Waals surface area contributed by atoms with Gasteiger partial charge in [0.2, 0.25) is 0 Å². The number of benzene rings is 1. The summed E-state index contributed by atoms with van der Waals surface area (Å²) in [4.78, 5) is 14.3. The Morgan fingerprint density at radius 2 is 1.88 bits per heavy atom. The number of carbonyl (C=O) groups excluding carboxylic acids is 1. The van der Waals surface area contributed by atoms with Gasteiger partial charge >= 0.3 is 0 Å². The van der Waals surface area contributed by atoms with Crippen LogP contribution in [0.3, 0.4) is 0 Å². The van der Waals surface area contributed by atoms with Crippen molar-refractivity contribution < 1.29 is 4.79 Å². The third-order valence-corrected chi connectivity index (χ3v) is 3.36. The van der Waals surface area contributed by atoms with E-state index in [2.05, 4.69) is 49.9 Å². The lowest BCUT2D eigenvalue weighted by Crippen LogP contribution is -2.42. The molecule has 1 saturated heterocycles. The highest BCUT2D eigenvalue weighted by Gasteiger charge is 2.40. The fraction of sp³-hybridized carbons (Fsp3) is 0.533. The van der Waals surface area contributed by atoms with E-state index in [-0.39, 0.29) is 11.5 Å². The molecule has 0 saturated carbocycles. The van der Waals surface area contributed by atoms with Crippen LogP contribution in [0.4, 0.5) is 0 Å². The Kier molecular flexibility index (Phi) is 3.34. The van der Waals surface area contributed by atoms with Gasteiger partial charge in [-0.2, -0.15) is 0 Å². The van der Waals surface area contributed by atoms with Gasteiger partial charge in [0.15, 0.2) is 5.78 Å². The molecule has 1 aliphatic rings. The second-order valence-corrected chi connectivity index (χ2v) is 5.94. The predicted octanol–water partition coefficient (Wildman–Crippen LogP) is 2.88. The average molecular weight is 231 g/mol. The molecule has 1 aromatic rings. The molecule has 2 heteroatoms. The van der Waals surface area contributed by atoms with E-state index in [1.807, 2.05) is 6.07 Å². The summed E-state index contributed by atoms with van der Waals surface area (Å²) in [5.74, 6) is 0.397. The molecule has 0 radical (unpaired) electrons. The van der Waals surface area contributed by atoms with Crippen LogP contribution in [0, 0.1) is 5.41 Å². The van der Waals surface area contributed by atoms with Crippen molar-refractivity contribution >= 4 is 5.78 Å². The maximum atomic E-state index is 12.0. The molecule has 1 aliphatic heterocycles. The van der Waals surface area contributed by atoms with Crippen LogP contribution in [-0.2, 0) is 11.3 Å². The Morgan fingerprint density at radius 1 is 1.24 bits per heavy atom. The third kappa shape index (κ3) is 2.75. The van der Waals surface area contributed by atoms with Gasteiger partial charge in [-0.1, -0.05) is 51.1 Å². The van der Waals surface area contributed by atoms with Gasteiger partial charge < -0.3 is 0 Å². The van der Waals surface area contributed by atoms with Crippen LogP contribution >= 0.6 is 0 Å². The summed E-state index contributed by atoms with van der Waals surface area (Å²) in [5.41, 5.74) is 1.32. The molecule has 1 unspecified atom stereocenters. The molecule has 0 amide bonds. The summed E-state index contributed by atoms with van der Waals surface area (Å²) >= 11 is 0. The SMILES string of the molecule is CC(C)(C)C1C(=O)CCN1Cc1ccccc1. The normalized spacial score (nSPS) is 22.1. The molecule has 0 aromatic heterocycles. The van der Waals surface area contributed by atoms with Crippen LogP contribution in [0.25, 0.3) is 0 Å². The Balaban J connectivity index is 2.13. The lowest BCUT2D eigenvalue weighted by Gasteiger charge is -2.33. The number of hydrogen-bond donors (Lipinski definition) is 0. The van der Waals surface area contributed by atoms with Gasteiger partial charge in [-0.3, -0.25) is 9.69 Å². The number of rotatable bonds is 2. The molecule has 1 atom stereocenters. The van der Waals surface area contributed by atoms with E-state index in [4.69, 9.17) is 0 Å². The van der Waals surface area contributed by atoms with Crippen LogP contribution in [0.15, 0.2) is 30.3 Å². The smallest absolute Gasteiger partial charge is 0.151 e. The number of ketones is 1. The summed E-state index contributed by atoms with van der Waals surface area (Å²) in [6, 6.07) is 10.5. The van der Waals surface area contributed by atoms with Crippen LogP contribution in [0.1, 0.15) is 32.8 Å². The Labute approximate surface area is 104 Å². The van der Waals surface area contributed by atoms with E-state index in [9.17, 15) is 4.79 Å². The molecule has 92 valence electrons. The fourth-order valence-corrected chi connectivity index (χ4v) is 2.74. The highest BCUT2D eigenvalue weighted by atomic mass is 16.1. The summed E-state index contributed by atoms with van der Waals surface area (Å²) in [5, 5.41) is 0. The van der Waals surface area contributed by atoms with Crippen molar-refractivity contribution in [3.05, 3.63) is 35.9 Å². The minimum Gasteiger partial charge on any atom is -0.298 e. The van der Waals surface area contributed by atoms with Gasteiger partial charge in [-0.25, -0.2) is 0 Å². The van der Waals surface area contributed by atoms with Crippen molar-refractivity contribution in [3.63, 3.8) is 0 Å². The first-order valence-electron chi connectivity index (χ1n) is 6.29. The number of nitrogens with zero attached hydrogens (tertiary/aromatic N) is 1. The zero-order valence-corrected chi connectivity index (χ0v) is 10.9. The molecule has 0 bridgehead atoms. The van der Waals surface area contributed by atoms with Crippen molar-refractivity contribution in [1.29, 1.82) is 0 Å². The summed E-state index contributed by atoms with van der Waals surface area (Å²) in [7, 11) is 0. The predicted molar refractivity (Wildman–Crippen MR) is 69.7 cm³/mol. The lowest BCUT2D eigenvalue weighted by atomic mass is 9.84. The molecule has 1 fully saturated rings. The Morgan fingerprint density at radius 3 is 2.47 bits per heavy atom. The van der Waals surface area contributed by atoms with E-state index >= 15 is 0 Å². The molecule has 2 rings (SSSR count). The zero-order valence-electron chi connectivity index (χ0n) is 10.9. The number of hydrogen-bond acceptors (Lipinski definition) is 2. The van der Waals surface area contributed by atoms with Crippen LogP contribution < -0.4 is 0 Å². The highest BCUT2D eigenvalue weighted by molar-refractivity contribution is 5.86. The minimum atomic E-state index is 0.0301. The van der Waals surface area contributed by atoms with Gasteiger partial charge in [0.25, 0.3) is 0 Å². The first-order chi connectivity index (χ1) is 7.98. The molecule has 1 aromatic carbocycles. The van der Waals surface area contributed by atoms with Crippen molar-refractivity contribution in [2.24, 2.45) is 5.41 Å². The zero-order chi connectivity index (χ0) is 12.5. The third-order valence-electron chi connectivity index (χ3n) is 3.36. The maximum absolute atomic E-state index is 12.0. The molecule has 0 spiro atoms. The largest absolute Gasteiger partial charge is 0.298 e. The van der Waals surface area contributed by atoms with Crippen molar-refractivity contribution in [1.82, 2.24) is 4.90 Å². The van der Waals surface area contributed by atoms with Crippen LogP contribution in [0.5, 0.6) is 0 Å². The Hall–Kier alpha value is -1.15. The van der Waals surface area contributed by atoms with E-state index in [0.717, 1.165) is 13.1 Å². The van der Waals surface area contributed by atoms with Gasteiger partial charge in [0, 0.05) is 19.5 Å². The first-order valence-corrected chi connectivity index (χ1v) is 6.29. The summed E-state index contributed by atoms with van der Waals surface area (Å²) in [6.07, 6.45) is 0.703. The van der Waals surface area contributed by atoms with Crippen molar-refractivity contribution in [2.45, 2.75) is 39.8 Å². The molecule has 0 N–H and O–H groups in total. The number of likely N-dealkylation sites (tertiary alicyclic amines) is 1. The number of Topliss-reactive ketones (excluding diaryl/α,β-unsaturated/α-hetero) is 1. The molecule has 1 heterocycles. The molecular formula is C15H21NO. The van der Waals surface area contributed by atoms with Gasteiger partial charge in [-0.15, -0.1) is 0 Å². The van der Waals surface area contributed by atoms with E-state index < -0.39 is 0 Å². The highest BCUT2D eigenvalue weighted by Crippen LogP contribution is 2.31. The van der Waals surface area contributed by atoms with E-state index in [1.165, 1.54) is 5.56 Å². The maximum Gasteiger partial charge on any atom is 0.151 e.